The average Bonchev–Trinajstić information content (AvgIpc) is 2.46. The number of aromatic amines is 1. The first kappa shape index (κ1) is 7.39. The Hall–Kier alpha value is -1.02. The van der Waals surface area contributed by atoms with Gasteiger partial charge in [-0.2, -0.15) is 0 Å². The Morgan fingerprint density at radius 1 is 1.31 bits per heavy atom. The quantitative estimate of drug-likeness (QED) is 0.587. The maximum absolute atomic E-state index is 3.94. The molecule has 0 radical (unpaired) electrons. The van der Waals surface area contributed by atoms with E-state index in [1.165, 1.54) is 16.5 Å². The summed E-state index contributed by atoms with van der Waals surface area (Å²) < 4.78 is 0. The number of rotatable bonds is 0. The van der Waals surface area contributed by atoms with E-state index in [1.54, 1.807) is 10.4 Å². The molecule has 0 aromatic carbocycles. The molecule has 0 unspecified atom stereocenters. The number of aromatic nitrogens is 1. The van der Waals surface area contributed by atoms with Gasteiger partial charge in [0.2, 0.25) is 0 Å². The first-order valence-corrected chi connectivity index (χ1v) is 7.68. The Balaban J connectivity index is 2.51. The summed E-state index contributed by atoms with van der Waals surface area (Å²) in [6.07, 6.45) is 0. The highest BCUT2D eigenvalue weighted by atomic mass is 28.3. The number of H-pyrrole nitrogens is 1. The van der Waals surface area contributed by atoms with Crippen molar-refractivity contribution < 1.29 is 0 Å². The molecule has 0 atom stereocenters. The normalized spacial score (nSPS) is 21.9. The molecule has 0 fully saturated rings. The van der Waals surface area contributed by atoms with Crippen molar-refractivity contribution in [1.29, 1.82) is 0 Å². The Morgan fingerprint density at radius 3 is 2.54 bits per heavy atom. The van der Waals surface area contributed by atoms with Crippen molar-refractivity contribution in [2.45, 2.75) is 20.0 Å². The summed E-state index contributed by atoms with van der Waals surface area (Å²) in [6.45, 7) is 11.0. The van der Waals surface area contributed by atoms with Gasteiger partial charge in [-0.25, -0.2) is 0 Å². The van der Waals surface area contributed by atoms with E-state index in [4.69, 9.17) is 0 Å². The van der Waals surface area contributed by atoms with E-state index in [1.807, 2.05) is 0 Å². The van der Waals surface area contributed by atoms with E-state index in [0.29, 0.717) is 0 Å². The molecule has 4 rings (SSSR count). The molecule has 0 amide bonds. The second kappa shape index (κ2) is 1.75. The molecule has 13 heavy (non-hydrogen) atoms. The second-order valence-corrected chi connectivity index (χ2v) is 8.83. The van der Waals surface area contributed by atoms with Crippen LogP contribution in [0.2, 0.25) is 13.1 Å². The Bertz CT molecular complexity index is 557. The minimum absolute atomic E-state index is 1.05. The van der Waals surface area contributed by atoms with Crippen LogP contribution in [-0.4, -0.2) is 13.1 Å². The van der Waals surface area contributed by atoms with E-state index < -0.39 is 8.07 Å². The summed E-state index contributed by atoms with van der Waals surface area (Å²) in [5.41, 5.74) is 2.99. The molecule has 3 heterocycles. The summed E-state index contributed by atoms with van der Waals surface area (Å²) in [5.74, 6) is 0. The SMILES string of the molecule is C=c1cc2c([nH]1)=C1C(C)=C2[Si]1(C)C. The van der Waals surface area contributed by atoms with Crippen molar-refractivity contribution in [2.24, 2.45) is 0 Å². The molecule has 3 aliphatic rings. The molecule has 1 N–H and O–H groups in total. The molecule has 66 valence electrons. The van der Waals surface area contributed by atoms with E-state index >= 15 is 0 Å². The van der Waals surface area contributed by atoms with Crippen LogP contribution in [0.15, 0.2) is 11.6 Å². The highest BCUT2D eigenvalue weighted by Gasteiger charge is 2.48. The van der Waals surface area contributed by atoms with Crippen LogP contribution < -0.4 is 10.7 Å². The largest absolute Gasteiger partial charge is 0.356 e. The van der Waals surface area contributed by atoms with Gasteiger partial charge in [0.05, 0.1) is 0 Å². The monoisotopic (exact) mass is 187 g/mol. The van der Waals surface area contributed by atoms with Crippen LogP contribution in [0.5, 0.6) is 0 Å². The van der Waals surface area contributed by atoms with Crippen molar-refractivity contribution in [3.63, 3.8) is 0 Å². The molecule has 0 spiro atoms. The maximum Gasteiger partial charge on any atom is 0.116 e. The first-order chi connectivity index (χ1) is 6.03. The van der Waals surface area contributed by atoms with Crippen molar-refractivity contribution in [3.8, 4) is 0 Å². The number of hydrogen-bond donors (Lipinski definition) is 1. The van der Waals surface area contributed by atoms with Crippen LogP contribution in [-0.2, 0) is 0 Å². The zero-order chi connectivity index (χ0) is 9.38. The third-order valence-electron chi connectivity index (χ3n) is 3.39. The minimum Gasteiger partial charge on any atom is -0.356 e. The summed E-state index contributed by atoms with van der Waals surface area (Å²) in [4.78, 5) is 3.38. The summed E-state index contributed by atoms with van der Waals surface area (Å²) in [6, 6.07) is 2.20. The number of nitrogens with one attached hydrogen (secondary N) is 1. The van der Waals surface area contributed by atoms with Crippen molar-refractivity contribution in [3.05, 3.63) is 27.9 Å². The smallest absolute Gasteiger partial charge is 0.116 e. The fraction of sp³-hybridized carbons (Fsp3) is 0.273. The molecule has 1 aliphatic carbocycles. The maximum atomic E-state index is 3.94. The molecular weight excluding hydrogens is 174 g/mol. The lowest BCUT2D eigenvalue weighted by molar-refractivity contribution is 1.27. The van der Waals surface area contributed by atoms with Gasteiger partial charge in [0.25, 0.3) is 0 Å². The zero-order valence-electron chi connectivity index (χ0n) is 8.28. The van der Waals surface area contributed by atoms with E-state index in [0.717, 1.165) is 5.35 Å². The standard InChI is InChI=1S/C11H13NSi/c1-6-5-8-9(12-6)11-7(2)10(8)13(11,3)4/h5,12H,1H2,2-4H3. The van der Waals surface area contributed by atoms with Gasteiger partial charge in [-0.05, 0) is 34.5 Å². The van der Waals surface area contributed by atoms with Gasteiger partial charge in [0.15, 0.2) is 0 Å². The molecular formula is C11H13NSi. The zero-order valence-corrected chi connectivity index (χ0v) is 9.28. The Labute approximate surface area is 78.5 Å². The number of hydrogen-bond acceptors (Lipinski definition) is 0. The summed E-state index contributed by atoms with van der Waals surface area (Å²) in [5, 5.41) is 5.72. The highest BCUT2D eigenvalue weighted by molar-refractivity contribution is 7.14. The highest BCUT2D eigenvalue weighted by Crippen LogP contribution is 2.50. The van der Waals surface area contributed by atoms with Gasteiger partial charge in [-0.3, -0.25) is 0 Å². The van der Waals surface area contributed by atoms with Crippen LogP contribution in [0.25, 0.3) is 17.0 Å². The second-order valence-electron chi connectivity index (χ2n) is 4.58. The summed E-state index contributed by atoms with van der Waals surface area (Å²) >= 11 is 0. The molecule has 2 aliphatic heterocycles. The lowest BCUT2D eigenvalue weighted by Gasteiger charge is -2.35. The van der Waals surface area contributed by atoms with Gasteiger partial charge in [0.1, 0.15) is 8.07 Å². The Morgan fingerprint density at radius 2 is 2.00 bits per heavy atom. The molecule has 0 saturated heterocycles. The third kappa shape index (κ3) is 0.582. The molecule has 2 heteroatoms. The average molecular weight is 187 g/mol. The molecule has 0 saturated carbocycles. The molecule has 1 aromatic heterocycles. The van der Waals surface area contributed by atoms with Crippen molar-refractivity contribution in [2.75, 3.05) is 0 Å². The van der Waals surface area contributed by atoms with Gasteiger partial charge >= 0.3 is 0 Å². The van der Waals surface area contributed by atoms with E-state index in [-0.39, 0.29) is 0 Å². The lowest BCUT2D eigenvalue weighted by Crippen LogP contribution is -2.37. The fourth-order valence-electron chi connectivity index (χ4n) is 3.07. The van der Waals surface area contributed by atoms with Crippen LogP contribution in [0, 0.1) is 0 Å². The Kier molecular flexibility index (Phi) is 0.995. The summed E-state index contributed by atoms with van der Waals surface area (Å²) in [7, 11) is -1.15. The van der Waals surface area contributed by atoms with Crippen LogP contribution >= 0.6 is 0 Å². The predicted molar refractivity (Wildman–Crippen MR) is 59.0 cm³/mol. The van der Waals surface area contributed by atoms with Gasteiger partial charge in [-0.15, -0.1) is 0 Å². The fourth-order valence-corrected chi connectivity index (χ4v) is 6.95. The molecule has 2 bridgehead atoms. The van der Waals surface area contributed by atoms with Crippen LogP contribution in [0.3, 0.4) is 0 Å². The van der Waals surface area contributed by atoms with Gasteiger partial charge < -0.3 is 4.98 Å². The number of allylic oxidation sites excluding steroid dienone is 1. The van der Waals surface area contributed by atoms with Crippen molar-refractivity contribution in [1.82, 2.24) is 4.98 Å². The van der Waals surface area contributed by atoms with Gasteiger partial charge in [-0.1, -0.05) is 19.7 Å². The van der Waals surface area contributed by atoms with Crippen LogP contribution in [0.1, 0.15) is 12.5 Å². The predicted octanol–water partition coefficient (Wildman–Crippen LogP) is 1.16. The van der Waals surface area contributed by atoms with Gasteiger partial charge in [0, 0.05) is 10.7 Å². The third-order valence-corrected chi connectivity index (χ3v) is 7.16. The van der Waals surface area contributed by atoms with Crippen molar-refractivity contribution >= 4 is 25.0 Å². The molecule has 1 nitrogen and oxygen atoms in total. The first-order valence-electron chi connectivity index (χ1n) is 4.68. The molecule has 1 aromatic rings. The minimum atomic E-state index is -1.15. The van der Waals surface area contributed by atoms with E-state index in [9.17, 15) is 0 Å². The topological polar surface area (TPSA) is 15.8 Å². The van der Waals surface area contributed by atoms with E-state index in [2.05, 4.69) is 37.6 Å². The van der Waals surface area contributed by atoms with Crippen LogP contribution in [0.4, 0.5) is 0 Å². The lowest BCUT2D eigenvalue weighted by atomic mass is 10.2.